The summed E-state index contributed by atoms with van der Waals surface area (Å²) in [5, 5.41) is 4.06. The van der Waals surface area contributed by atoms with Gasteiger partial charge in [0.1, 0.15) is 5.69 Å². The number of rotatable bonds is 8. The number of amides is 1. The van der Waals surface area contributed by atoms with E-state index in [9.17, 15) is 4.79 Å². The highest BCUT2D eigenvalue weighted by atomic mass is 16.1. The molecule has 3 aromatic carbocycles. The van der Waals surface area contributed by atoms with Crippen molar-refractivity contribution in [2.24, 2.45) is 11.5 Å². The minimum absolute atomic E-state index is 0.118. The van der Waals surface area contributed by atoms with Crippen LogP contribution in [0.4, 0.5) is 0 Å². The van der Waals surface area contributed by atoms with Gasteiger partial charge in [-0.25, -0.2) is 0 Å². The molecule has 182 valence electrons. The van der Waals surface area contributed by atoms with Crippen LogP contribution in [0, 0.1) is 27.7 Å². The molecule has 1 atom stereocenters. The molecule has 1 heterocycles. The molecule has 0 spiro atoms. The number of fused-ring (bicyclic) bond motifs is 1. The van der Waals surface area contributed by atoms with Crippen molar-refractivity contribution in [3.05, 3.63) is 82.5 Å². The van der Waals surface area contributed by atoms with Gasteiger partial charge in [-0.15, -0.1) is 0 Å². The maximum Gasteiger partial charge on any atom is 0.268 e. The summed E-state index contributed by atoms with van der Waals surface area (Å²) in [6, 6.07) is 19.3. The van der Waals surface area contributed by atoms with E-state index in [4.69, 9.17) is 11.5 Å². The number of nitrogens with one attached hydrogen (secondary N) is 2. The fourth-order valence-electron chi connectivity index (χ4n) is 4.90. The van der Waals surface area contributed by atoms with Crippen LogP contribution in [0.1, 0.15) is 45.6 Å². The monoisotopic (exact) mass is 468 g/mol. The maximum atomic E-state index is 13.4. The molecule has 6 N–H and O–H groups in total. The van der Waals surface area contributed by atoms with Crippen molar-refractivity contribution in [2.45, 2.75) is 46.6 Å². The molecular formula is C30H36N4O. The Bertz CT molecular complexity index is 1330. The molecule has 5 nitrogen and oxygen atoms in total. The third-order valence-electron chi connectivity index (χ3n) is 6.39. The summed E-state index contributed by atoms with van der Waals surface area (Å²) in [6.07, 6.45) is 1.63. The molecule has 4 rings (SSSR count). The first-order valence-electron chi connectivity index (χ1n) is 12.3. The van der Waals surface area contributed by atoms with Crippen LogP contribution in [0.25, 0.3) is 33.2 Å². The summed E-state index contributed by atoms with van der Waals surface area (Å²) >= 11 is 0. The number of aromatic amines is 1. The van der Waals surface area contributed by atoms with E-state index in [1.54, 1.807) is 0 Å². The zero-order valence-corrected chi connectivity index (χ0v) is 21.2. The molecule has 0 bridgehead atoms. The largest absolute Gasteiger partial charge is 0.350 e. The molecule has 1 aromatic heterocycles. The maximum absolute atomic E-state index is 13.4. The van der Waals surface area contributed by atoms with E-state index in [1.807, 2.05) is 0 Å². The molecule has 0 saturated carbocycles. The van der Waals surface area contributed by atoms with Gasteiger partial charge in [-0.2, -0.15) is 0 Å². The third kappa shape index (κ3) is 5.64. The quantitative estimate of drug-likeness (QED) is 0.274. The smallest absolute Gasteiger partial charge is 0.268 e. The van der Waals surface area contributed by atoms with Crippen LogP contribution in [0.3, 0.4) is 0 Å². The van der Waals surface area contributed by atoms with Crippen molar-refractivity contribution in [1.82, 2.24) is 10.3 Å². The zero-order chi connectivity index (χ0) is 25.1. The number of H-pyrrole nitrogens is 1. The Hall–Kier alpha value is -3.41. The van der Waals surface area contributed by atoms with E-state index in [2.05, 4.69) is 92.6 Å². The van der Waals surface area contributed by atoms with Crippen LogP contribution >= 0.6 is 0 Å². The van der Waals surface area contributed by atoms with Gasteiger partial charge in [-0.05, 0) is 75.9 Å². The Morgan fingerprint density at radius 2 is 1.46 bits per heavy atom. The Balaban J connectivity index is 1.82. The first-order chi connectivity index (χ1) is 16.7. The van der Waals surface area contributed by atoms with Gasteiger partial charge in [0.25, 0.3) is 5.91 Å². The van der Waals surface area contributed by atoms with Crippen molar-refractivity contribution < 1.29 is 4.79 Å². The molecule has 0 saturated heterocycles. The second-order valence-electron chi connectivity index (χ2n) is 9.79. The number of hydrogen-bond acceptors (Lipinski definition) is 3. The third-order valence-corrected chi connectivity index (χ3v) is 6.39. The van der Waals surface area contributed by atoms with Crippen molar-refractivity contribution >= 4 is 16.8 Å². The minimum Gasteiger partial charge on any atom is -0.350 e. The molecule has 0 aliphatic carbocycles. The standard InChI is InChI=1S/C30H36N4O/c1-18-10-19(2)13-23(12-18)22-7-8-27-26(16-22)28(24-14-20(3)11-21(4)15-24)29(34-27)30(35)33-17-25(32)6-5-9-31/h7-8,10-16,25,34H,5-6,9,17,31-32H2,1-4H3,(H,33,35)/t25-/m0/s1. The lowest BCUT2D eigenvalue weighted by atomic mass is 9.95. The van der Waals surface area contributed by atoms with E-state index in [1.165, 1.54) is 16.7 Å². The fraction of sp³-hybridized carbons (Fsp3) is 0.300. The van der Waals surface area contributed by atoms with Crippen molar-refractivity contribution in [1.29, 1.82) is 0 Å². The van der Waals surface area contributed by atoms with Crippen molar-refractivity contribution in [3.63, 3.8) is 0 Å². The van der Waals surface area contributed by atoms with Gasteiger partial charge in [0.2, 0.25) is 0 Å². The Morgan fingerprint density at radius 3 is 2.06 bits per heavy atom. The predicted molar refractivity (Wildman–Crippen MR) is 147 cm³/mol. The molecule has 0 radical (unpaired) electrons. The lowest BCUT2D eigenvalue weighted by Crippen LogP contribution is -2.37. The van der Waals surface area contributed by atoms with Crippen LogP contribution in [0.15, 0.2) is 54.6 Å². The van der Waals surface area contributed by atoms with Gasteiger partial charge in [0.05, 0.1) is 0 Å². The average Bonchev–Trinajstić information content (AvgIpc) is 3.19. The first kappa shape index (κ1) is 24.7. The van der Waals surface area contributed by atoms with Crippen molar-refractivity contribution in [2.75, 3.05) is 13.1 Å². The van der Waals surface area contributed by atoms with Gasteiger partial charge in [-0.1, -0.05) is 64.7 Å². The minimum atomic E-state index is -0.147. The molecule has 0 aliphatic heterocycles. The lowest BCUT2D eigenvalue weighted by molar-refractivity contribution is 0.0947. The number of nitrogens with two attached hydrogens (primary N) is 2. The van der Waals surface area contributed by atoms with Crippen LogP contribution in [-0.4, -0.2) is 30.0 Å². The highest BCUT2D eigenvalue weighted by molar-refractivity contribution is 6.10. The summed E-state index contributed by atoms with van der Waals surface area (Å²) in [5.74, 6) is -0.147. The number of carbonyl (C=O) groups excluding carboxylic acids is 1. The number of aryl methyl sites for hydroxylation is 4. The average molecular weight is 469 g/mol. The SMILES string of the molecule is Cc1cc(C)cc(-c2ccc3[nH]c(C(=O)NC[C@@H](N)CCCN)c(-c4cc(C)cc(C)c4)c3c2)c1. The molecule has 0 unspecified atom stereocenters. The summed E-state index contributed by atoms with van der Waals surface area (Å²) < 4.78 is 0. The van der Waals surface area contributed by atoms with Gasteiger partial charge in [-0.3, -0.25) is 4.79 Å². The predicted octanol–water partition coefficient (Wildman–Crippen LogP) is 5.53. The van der Waals surface area contributed by atoms with E-state index >= 15 is 0 Å². The van der Waals surface area contributed by atoms with Crippen LogP contribution in [0.5, 0.6) is 0 Å². The van der Waals surface area contributed by atoms with Gasteiger partial charge in [0, 0.05) is 29.1 Å². The highest BCUT2D eigenvalue weighted by Gasteiger charge is 2.21. The number of carbonyl (C=O) groups is 1. The first-order valence-corrected chi connectivity index (χ1v) is 12.3. The molecule has 0 aliphatic rings. The normalized spacial score (nSPS) is 12.2. The van der Waals surface area contributed by atoms with E-state index in [-0.39, 0.29) is 11.9 Å². The number of hydrogen-bond donors (Lipinski definition) is 4. The summed E-state index contributed by atoms with van der Waals surface area (Å²) in [4.78, 5) is 16.8. The lowest BCUT2D eigenvalue weighted by Gasteiger charge is -2.13. The van der Waals surface area contributed by atoms with Crippen molar-refractivity contribution in [3.8, 4) is 22.3 Å². The van der Waals surface area contributed by atoms with E-state index < -0.39 is 0 Å². The second kappa shape index (κ2) is 10.5. The Kier molecular flexibility index (Phi) is 7.39. The molecule has 0 fully saturated rings. The van der Waals surface area contributed by atoms with E-state index in [0.29, 0.717) is 18.8 Å². The van der Waals surface area contributed by atoms with Gasteiger partial charge >= 0.3 is 0 Å². The molecule has 5 heteroatoms. The van der Waals surface area contributed by atoms with Crippen LogP contribution in [0.2, 0.25) is 0 Å². The molecule has 4 aromatic rings. The zero-order valence-electron chi connectivity index (χ0n) is 21.2. The molecule has 1 amide bonds. The molecule has 35 heavy (non-hydrogen) atoms. The molecular weight excluding hydrogens is 432 g/mol. The summed E-state index contributed by atoms with van der Waals surface area (Å²) in [6.45, 7) is 9.42. The topological polar surface area (TPSA) is 96.9 Å². The van der Waals surface area contributed by atoms with Gasteiger partial charge < -0.3 is 21.8 Å². The number of benzene rings is 3. The van der Waals surface area contributed by atoms with Crippen LogP contribution in [-0.2, 0) is 0 Å². The highest BCUT2D eigenvalue weighted by Crippen LogP contribution is 2.36. The Morgan fingerprint density at radius 1 is 0.857 bits per heavy atom. The second-order valence-corrected chi connectivity index (χ2v) is 9.79. The van der Waals surface area contributed by atoms with Crippen LogP contribution < -0.4 is 16.8 Å². The van der Waals surface area contributed by atoms with E-state index in [0.717, 1.165) is 51.6 Å². The summed E-state index contributed by atoms with van der Waals surface area (Å²) in [7, 11) is 0. The Labute approximate surface area is 207 Å². The number of aromatic nitrogens is 1. The fourth-order valence-corrected chi connectivity index (χ4v) is 4.90. The summed E-state index contributed by atoms with van der Waals surface area (Å²) in [5.41, 5.74) is 22.3. The van der Waals surface area contributed by atoms with Gasteiger partial charge in [0.15, 0.2) is 0 Å².